The summed E-state index contributed by atoms with van der Waals surface area (Å²) in [5.74, 6) is 2.28. The number of aliphatic hydroxyl groups excluding tert-OH is 3. The highest BCUT2D eigenvalue weighted by Crippen LogP contribution is 2.60. The number of rotatable bonds is 4. The molecule has 4 aliphatic carbocycles. The van der Waals surface area contributed by atoms with Crippen molar-refractivity contribution in [3.8, 4) is 0 Å². The summed E-state index contributed by atoms with van der Waals surface area (Å²) in [5.41, 5.74) is 0.251. The van der Waals surface area contributed by atoms with E-state index in [1.54, 1.807) is 6.92 Å². The molecule has 4 bridgehead atoms. The molecule has 5 fully saturated rings. The molecule has 5 aliphatic rings. The van der Waals surface area contributed by atoms with Crippen LogP contribution in [0.1, 0.15) is 45.4 Å². The van der Waals surface area contributed by atoms with E-state index < -0.39 is 24.6 Å². The summed E-state index contributed by atoms with van der Waals surface area (Å²) in [6, 6.07) is 0. The number of hydrogen-bond donors (Lipinski definition) is 3. The molecule has 0 spiro atoms. The van der Waals surface area contributed by atoms with Crippen molar-refractivity contribution in [3.63, 3.8) is 0 Å². The van der Waals surface area contributed by atoms with Gasteiger partial charge < -0.3 is 24.8 Å². The average molecular weight is 326 g/mol. The van der Waals surface area contributed by atoms with Crippen LogP contribution in [-0.4, -0.2) is 53.1 Å². The first kappa shape index (κ1) is 16.3. The Labute approximate surface area is 138 Å². The Bertz CT molecular complexity index is 402. The van der Waals surface area contributed by atoms with Crippen LogP contribution in [0.15, 0.2) is 0 Å². The van der Waals surface area contributed by atoms with Gasteiger partial charge in [-0.2, -0.15) is 0 Å². The van der Waals surface area contributed by atoms with E-state index in [1.807, 2.05) is 0 Å². The van der Waals surface area contributed by atoms with E-state index in [0.29, 0.717) is 6.61 Å². The monoisotopic (exact) mass is 326 g/mol. The van der Waals surface area contributed by atoms with Gasteiger partial charge in [-0.3, -0.25) is 0 Å². The third-order valence-electron chi connectivity index (χ3n) is 6.96. The lowest BCUT2D eigenvalue weighted by molar-refractivity contribution is -0.298. The molecule has 0 radical (unpaired) electrons. The molecule has 2 unspecified atom stereocenters. The number of aliphatic hydroxyl groups is 3. The summed E-state index contributed by atoms with van der Waals surface area (Å²) in [6.07, 6.45) is 4.64. The molecule has 5 atom stereocenters. The fourth-order valence-electron chi connectivity index (χ4n) is 6.14. The van der Waals surface area contributed by atoms with Crippen molar-refractivity contribution in [1.29, 1.82) is 0 Å². The fourth-order valence-corrected chi connectivity index (χ4v) is 6.14. The molecule has 3 N–H and O–H groups in total. The van der Waals surface area contributed by atoms with Gasteiger partial charge in [-0.15, -0.1) is 0 Å². The topological polar surface area (TPSA) is 79.2 Å². The molecule has 1 heterocycles. The molecule has 1 aliphatic heterocycles. The van der Waals surface area contributed by atoms with Crippen molar-refractivity contribution in [2.75, 3.05) is 13.2 Å². The average Bonchev–Trinajstić information content (AvgIpc) is 2.51. The molecule has 0 aromatic rings. The van der Waals surface area contributed by atoms with Crippen LogP contribution in [0.4, 0.5) is 0 Å². The minimum absolute atomic E-state index is 0.165. The van der Waals surface area contributed by atoms with Crippen LogP contribution < -0.4 is 0 Å². The maximum Gasteiger partial charge on any atom is 0.186 e. The van der Waals surface area contributed by atoms with Crippen molar-refractivity contribution in [2.24, 2.45) is 29.1 Å². The van der Waals surface area contributed by atoms with Crippen LogP contribution in [-0.2, 0) is 9.47 Å². The summed E-state index contributed by atoms with van der Waals surface area (Å²) in [4.78, 5) is 0. The standard InChI is InChI=1S/C18H30O5/c1-10-14(8-19)23-17(16(21)15(10)20)22-9-18-5-11-2-12(6-18)4-13(3-11)7-18/h10-17,19-21H,2-9H2,1H3/t10-,11?,12?,13?,14?,15?,16+,17+,18?/m1/s1. The minimum Gasteiger partial charge on any atom is -0.394 e. The predicted octanol–water partition coefficient (Wildman–Crippen LogP) is 1.29. The van der Waals surface area contributed by atoms with Crippen LogP contribution in [0.25, 0.3) is 0 Å². The second-order valence-electron chi connectivity index (χ2n) is 8.79. The molecular formula is C18H30O5. The number of hydrogen-bond acceptors (Lipinski definition) is 5. The van der Waals surface area contributed by atoms with Crippen LogP contribution in [0.5, 0.6) is 0 Å². The largest absolute Gasteiger partial charge is 0.394 e. The van der Waals surface area contributed by atoms with E-state index in [0.717, 1.165) is 17.8 Å². The van der Waals surface area contributed by atoms with E-state index >= 15 is 0 Å². The predicted molar refractivity (Wildman–Crippen MR) is 83.5 cm³/mol. The smallest absolute Gasteiger partial charge is 0.186 e. The highest BCUT2D eigenvalue weighted by Gasteiger charge is 2.52. The Kier molecular flexibility index (Phi) is 4.21. The van der Waals surface area contributed by atoms with Gasteiger partial charge in [0, 0.05) is 5.92 Å². The molecule has 0 aromatic heterocycles. The SMILES string of the molecule is C[C@@H]1C(CO)O[C@H](OCC23CC4CC(CC(C4)C2)C3)[C@@H](O)C1O. The molecule has 5 rings (SSSR count). The molecule has 23 heavy (non-hydrogen) atoms. The Morgan fingerprint density at radius 3 is 2.09 bits per heavy atom. The maximum atomic E-state index is 10.3. The van der Waals surface area contributed by atoms with Gasteiger partial charge in [0.25, 0.3) is 0 Å². The zero-order valence-electron chi connectivity index (χ0n) is 13.9. The van der Waals surface area contributed by atoms with Crippen molar-refractivity contribution in [2.45, 2.75) is 70.1 Å². The lowest BCUT2D eigenvalue weighted by Gasteiger charge is -2.57. The quantitative estimate of drug-likeness (QED) is 0.726. The van der Waals surface area contributed by atoms with E-state index in [4.69, 9.17) is 9.47 Å². The molecule has 0 amide bonds. The van der Waals surface area contributed by atoms with Crippen LogP contribution >= 0.6 is 0 Å². The molecule has 5 nitrogen and oxygen atoms in total. The summed E-state index contributed by atoms with van der Waals surface area (Å²) in [5, 5.41) is 29.8. The van der Waals surface area contributed by atoms with E-state index in [-0.39, 0.29) is 17.9 Å². The molecular weight excluding hydrogens is 296 g/mol. The lowest BCUT2D eigenvalue weighted by Crippen LogP contribution is -2.56. The van der Waals surface area contributed by atoms with Gasteiger partial charge in [-0.05, 0) is 61.7 Å². The molecule has 132 valence electrons. The Balaban J connectivity index is 1.40. The highest BCUT2D eigenvalue weighted by atomic mass is 16.7. The molecule has 5 heteroatoms. The second-order valence-corrected chi connectivity index (χ2v) is 8.79. The molecule has 0 aromatic carbocycles. The van der Waals surface area contributed by atoms with Crippen molar-refractivity contribution in [3.05, 3.63) is 0 Å². The Hall–Kier alpha value is -0.200. The first-order chi connectivity index (χ1) is 11.0. The minimum atomic E-state index is -1.04. The van der Waals surface area contributed by atoms with Crippen LogP contribution in [0.2, 0.25) is 0 Å². The molecule has 4 saturated carbocycles. The van der Waals surface area contributed by atoms with E-state index in [9.17, 15) is 15.3 Å². The fraction of sp³-hybridized carbons (Fsp3) is 1.00. The van der Waals surface area contributed by atoms with Crippen LogP contribution in [0, 0.1) is 29.1 Å². The first-order valence-electron chi connectivity index (χ1n) is 9.24. The van der Waals surface area contributed by atoms with Crippen molar-refractivity contribution >= 4 is 0 Å². The van der Waals surface area contributed by atoms with E-state index in [1.165, 1.54) is 38.5 Å². The molecule has 1 saturated heterocycles. The van der Waals surface area contributed by atoms with Gasteiger partial charge in [-0.1, -0.05) is 6.92 Å². The van der Waals surface area contributed by atoms with Crippen LogP contribution in [0.3, 0.4) is 0 Å². The zero-order chi connectivity index (χ0) is 16.2. The second kappa shape index (κ2) is 5.95. The third-order valence-corrected chi connectivity index (χ3v) is 6.96. The van der Waals surface area contributed by atoms with Gasteiger partial charge in [-0.25, -0.2) is 0 Å². The normalized spacial score (nSPS) is 55.3. The summed E-state index contributed by atoms with van der Waals surface area (Å²) in [6.45, 7) is 2.23. The van der Waals surface area contributed by atoms with Gasteiger partial charge >= 0.3 is 0 Å². The van der Waals surface area contributed by atoms with Gasteiger partial charge in [0.2, 0.25) is 0 Å². The first-order valence-corrected chi connectivity index (χ1v) is 9.24. The Morgan fingerprint density at radius 1 is 1.00 bits per heavy atom. The van der Waals surface area contributed by atoms with Crippen molar-refractivity contribution in [1.82, 2.24) is 0 Å². The highest BCUT2D eigenvalue weighted by molar-refractivity contribution is 5.01. The lowest BCUT2D eigenvalue weighted by atomic mass is 9.50. The van der Waals surface area contributed by atoms with Crippen molar-refractivity contribution < 1.29 is 24.8 Å². The summed E-state index contributed by atoms with van der Waals surface area (Å²) < 4.78 is 11.7. The summed E-state index contributed by atoms with van der Waals surface area (Å²) in [7, 11) is 0. The van der Waals surface area contributed by atoms with E-state index in [2.05, 4.69) is 0 Å². The summed E-state index contributed by atoms with van der Waals surface area (Å²) >= 11 is 0. The van der Waals surface area contributed by atoms with Gasteiger partial charge in [0.05, 0.1) is 25.4 Å². The number of ether oxygens (including phenoxy) is 2. The van der Waals surface area contributed by atoms with Gasteiger partial charge in [0.15, 0.2) is 6.29 Å². The van der Waals surface area contributed by atoms with Gasteiger partial charge in [0.1, 0.15) is 6.10 Å². The Morgan fingerprint density at radius 2 is 1.57 bits per heavy atom. The maximum absolute atomic E-state index is 10.3. The zero-order valence-corrected chi connectivity index (χ0v) is 13.9. The third kappa shape index (κ3) is 2.85.